The van der Waals surface area contributed by atoms with Crippen LogP contribution in [-0.2, 0) is 11.3 Å². The van der Waals surface area contributed by atoms with Gasteiger partial charge >= 0.3 is 11.9 Å². The summed E-state index contributed by atoms with van der Waals surface area (Å²) in [6, 6.07) is 30.4. The molecule has 5 rings (SSSR count). The molecule has 0 saturated carbocycles. The highest BCUT2D eigenvalue weighted by Crippen LogP contribution is 2.46. The molecule has 0 radical (unpaired) electrons. The van der Waals surface area contributed by atoms with Crippen molar-refractivity contribution in [2.75, 3.05) is 0 Å². The van der Waals surface area contributed by atoms with Crippen LogP contribution in [0.2, 0.25) is 0 Å². The molecule has 0 aromatic heterocycles. The van der Waals surface area contributed by atoms with Gasteiger partial charge in [0.1, 0.15) is 6.61 Å². The van der Waals surface area contributed by atoms with E-state index >= 15 is 0 Å². The molecule has 0 amide bonds. The molecular weight excluding hydrogens is 560 g/mol. The van der Waals surface area contributed by atoms with Crippen molar-refractivity contribution in [1.29, 1.82) is 0 Å². The van der Waals surface area contributed by atoms with E-state index in [1.165, 1.54) is 36.4 Å². The van der Waals surface area contributed by atoms with Gasteiger partial charge in [-0.2, -0.15) is 0 Å². The first-order valence-electron chi connectivity index (χ1n) is 13.6. The Balaban J connectivity index is 1.76. The van der Waals surface area contributed by atoms with Crippen LogP contribution in [-0.4, -0.2) is 33.7 Å². The van der Waals surface area contributed by atoms with Crippen molar-refractivity contribution in [3.8, 4) is 17.2 Å². The highest BCUT2D eigenvalue weighted by atomic mass is 16.5. The lowest BCUT2D eigenvalue weighted by atomic mass is 9.88. The summed E-state index contributed by atoms with van der Waals surface area (Å²) < 4.78 is 11.1. The summed E-state index contributed by atoms with van der Waals surface area (Å²) >= 11 is 0. The van der Waals surface area contributed by atoms with Gasteiger partial charge in [-0.3, -0.25) is 9.59 Å². The Morgan fingerprint density at radius 3 is 1.64 bits per heavy atom. The van der Waals surface area contributed by atoms with E-state index in [4.69, 9.17) is 9.47 Å². The zero-order chi connectivity index (χ0) is 31.2. The normalized spacial score (nSPS) is 10.6. The van der Waals surface area contributed by atoms with Crippen molar-refractivity contribution in [3.05, 3.63) is 160 Å². The van der Waals surface area contributed by atoms with Crippen LogP contribution >= 0.6 is 0 Å². The number of aryl methyl sites for hydroxylation is 1. The van der Waals surface area contributed by atoms with E-state index in [2.05, 4.69) is 0 Å². The summed E-state index contributed by atoms with van der Waals surface area (Å²) in [6.07, 6.45) is 0. The lowest BCUT2D eigenvalue weighted by Crippen LogP contribution is -2.21. The fraction of sp³-hybridized carbons (Fsp3) is 0.0556. The van der Waals surface area contributed by atoms with Crippen molar-refractivity contribution in [3.63, 3.8) is 0 Å². The molecule has 0 aliphatic carbocycles. The zero-order valence-corrected chi connectivity index (χ0v) is 23.5. The Morgan fingerprint density at radius 2 is 1.05 bits per heavy atom. The molecule has 0 aliphatic rings. The van der Waals surface area contributed by atoms with Crippen LogP contribution in [0.4, 0.5) is 0 Å². The highest BCUT2D eigenvalue weighted by Gasteiger charge is 2.37. The topological polar surface area (TPSA) is 127 Å². The van der Waals surface area contributed by atoms with Gasteiger partial charge in [-0.15, -0.1) is 0 Å². The minimum atomic E-state index is -1.16. The molecule has 8 nitrogen and oxygen atoms in total. The Hall–Kier alpha value is -6.02. The van der Waals surface area contributed by atoms with Crippen molar-refractivity contribution >= 4 is 23.5 Å². The number of hydrogen-bond donors (Lipinski definition) is 2. The maximum Gasteiger partial charge on any atom is 0.343 e. The average Bonchev–Trinajstić information content (AvgIpc) is 3.06. The number of ether oxygens (including phenoxy) is 2. The number of benzene rings is 5. The molecule has 2 N–H and O–H groups in total. The number of aromatic hydroxyl groups is 2. The number of ketones is 2. The van der Waals surface area contributed by atoms with Crippen LogP contribution in [0.25, 0.3) is 0 Å². The van der Waals surface area contributed by atoms with Crippen LogP contribution in [0, 0.1) is 6.92 Å². The summed E-state index contributed by atoms with van der Waals surface area (Å²) in [6.45, 7) is 1.58. The summed E-state index contributed by atoms with van der Waals surface area (Å²) in [5.74, 6) is -6.78. The van der Waals surface area contributed by atoms with Crippen molar-refractivity contribution in [1.82, 2.24) is 0 Å². The molecule has 8 heteroatoms. The quantitative estimate of drug-likeness (QED) is 0.0874. The largest absolute Gasteiger partial charge is 0.504 e. The molecule has 0 bridgehead atoms. The molecule has 0 atom stereocenters. The fourth-order valence-electron chi connectivity index (χ4n) is 4.55. The van der Waals surface area contributed by atoms with Gasteiger partial charge in [-0.1, -0.05) is 109 Å². The Bertz CT molecular complexity index is 1850. The van der Waals surface area contributed by atoms with E-state index in [0.717, 1.165) is 5.56 Å². The SMILES string of the molecule is Cc1ccc(C(=O)c2c(OC(=O)c3ccccc3)c(O)c(O)c(C(=O)c3ccccc3)c2C(=O)OCc2ccccc2)cc1. The van der Waals surface area contributed by atoms with Gasteiger partial charge in [0.2, 0.25) is 5.75 Å². The van der Waals surface area contributed by atoms with Gasteiger partial charge in [0.15, 0.2) is 23.1 Å². The summed E-state index contributed by atoms with van der Waals surface area (Å²) in [5, 5.41) is 22.5. The van der Waals surface area contributed by atoms with Gasteiger partial charge in [0.05, 0.1) is 22.3 Å². The number of phenolic OH excluding ortho intramolecular Hbond substituents is 2. The molecule has 0 aliphatic heterocycles. The Morgan fingerprint density at radius 1 is 0.545 bits per heavy atom. The van der Waals surface area contributed by atoms with Gasteiger partial charge < -0.3 is 19.7 Å². The lowest BCUT2D eigenvalue weighted by Gasteiger charge is -2.20. The maximum absolute atomic E-state index is 14.2. The summed E-state index contributed by atoms with van der Waals surface area (Å²) in [4.78, 5) is 55.1. The summed E-state index contributed by atoms with van der Waals surface area (Å²) in [7, 11) is 0. The van der Waals surface area contributed by atoms with E-state index in [0.29, 0.717) is 5.56 Å². The Kier molecular flexibility index (Phi) is 8.62. The van der Waals surface area contributed by atoms with Gasteiger partial charge in [0.25, 0.3) is 0 Å². The second kappa shape index (κ2) is 12.9. The first-order chi connectivity index (χ1) is 21.3. The van der Waals surface area contributed by atoms with Crippen LogP contribution in [0.15, 0.2) is 115 Å². The smallest absolute Gasteiger partial charge is 0.343 e. The number of carbonyl (C=O) groups is 4. The predicted octanol–water partition coefficient (Wildman–Crippen LogP) is 6.44. The first kappa shape index (κ1) is 29.5. The molecule has 5 aromatic rings. The molecular formula is C36H26O8. The Labute approximate surface area is 252 Å². The van der Waals surface area contributed by atoms with Crippen LogP contribution in [0.5, 0.6) is 17.2 Å². The van der Waals surface area contributed by atoms with E-state index in [9.17, 15) is 29.4 Å². The number of hydrogen-bond acceptors (Lipinski definition) is 8. The highest BCUT2D eigenvalue weighted by molar-refractivity contribution is 6.24. The van der Waals surface area contributed by atoms with Crippen LogP contribution in [0.1, 0.15) is 63.7 Å². The summed E-state index contributed by atoms with van der Waals surface area (Å²) in [5.41, 5.74) is -0.318. The van der Waals surface area contributed by atoms with Crippen molar-refractivity contribution in [2.24, 2.45) is 0 Å². The second-order valence-corrected chi connectivity index (χ2v) is 9.86. The minimum absolute atomic E-state index is 0.0575. The molecule has 0 fully saturated rings. The first-order valence-corrected chi connectivity index (χ1v) is 13.6. The predicted molar refractivity (Wildman–Crippen MR) is 161 cm³/mol. The third kappa shape index (κ3) is 6.10. The molecule has 0 spiro atoms. The third-order valence-electron chi connectivity index (χ3n) is 6.83. The number of carbonyl (C=O) groups excluding carboxylic acids is 4. The van der Waals surface area contributed by atoms with E-state index in [1.54, 1.807) is 78.9 Å². The third-order valence-corrected chi connectivity index (χ3v) is 6.83. The van der Waals surface area contributed by atoms with Gasteiger partial charge in [-0.05, 0) is 24.6 Å². The average molecular weight is 587 g/mol. The molecule has 218 valence electrons. The van der Waals surface area contributed by atoms with E-state index < -0.39 is 57.4 Å². The zero-order valence-electron chi connectivity index (χ0n) is 23.5. The van der Waals surface area contributed by atoms with Crippen molar-refractivity contribution < 1.29 is 38.9 Å². The van der Waals surface area contributed by atoms with E-state index in [1.807, 2.05) is 6.92 Å². The number of rotatable bonds is 9. The molecule has 0 heterocycles. The van der Waals surface area contributed by atoms with Crippen molar-refractivity contribution in [2.45, 2.75) is 13.5 Å². The molecule has 0 saturated heterocycles. The minimum Gasteiger partial charge on any atom is -0.504 e. The number of esters is 2. The van der Waals surface area contributed by atoms with Crippen LogP contribution < -0.4 is 4.74 Å². The number of phenols is 2. The monoisotopic (exact) mass is 586 g/mol. The van der Waals surface area contributed by atoms with E-state index in [-0.39, 0.29) is 23.3 Å². The van der Waals surface area contributed by atoms with Gasteiger partial charge in [-0.25, -0.2) is 9.59 Å². The maximum atomic E-state index is 14.2. The lowest BCUT2D eigenvalue weighted by molar-refractivity contribution is 0.0464. The second-order valence-electron chi connectivity index (χ2n) is 9.86. The molecule has 5 aromatic carbocycles. The fourth-order valence-corrected chi connectivity index (χ4v) is 4.55. The molecule has 0 unspecified atom stereocenters. The molecule has 44 heavy (non-hydrogen) atoms. The standard InChI is InChI=1S/C36H26O8/c1-22-17-19-25(20-18-22)31(38)29-27(36(42)43-21-23-11-5-2-6-12-23)28(30(37)24-13-7-3-8-14-24)32(39)33(40)34(29)44-35(41)26-15-9-4-10-16-26/h2-20,39-40H,21H2,1H3. The van der Waals surface area contributed by atoms with Crippen LogP contribution in [0.3, 0.4) is 0 Å². The van der Waals surface area contributed by atoms with Gasteiger partial charge in [0, 0.05) is 11.1 Å².